The van der Waals surface area contributed by atoms with Crippen molar-refractivity contribution in [3.05, 3.63) is 47.8 Å². The molecule has 0 amide bonds. The first-order chi connectivity index (χ1) is 15.7. The van der Waals surface area contributed by atoms with Crippen LogP contribution in [0.5, 0.6) is 5.75 Å². The second-order valence-corrected chi connectivity index (χ2v) is 8.71. The Hall–Kier alpha value is -1.00. The van der Waals surface area contributed by atoms with Gasteiger partial charge in [-0.1, -0.05) is 12.1 Å². The molecule has 0 fully saturated rings. The number of aromatic nitrogens is 1. The zero-order valence-corrected chi connectivity index (χ0v) is 22.1. The van der Waals surface area contributed by atoms with Crippen LogP contribution in [0.4, 0.5) is 5.69 Å². The van der Waals surface area contributed by atoms with E-state index in [2.05, 4.69) is 16.3 Å². The van der Waals surface area contributed by atoms with Crippen LogP contribution < -0.4 is 10.5 Å². The van der Waals surface area contributed by atoms with Crippen molar-refractivity contribution in [3.8, 4) is 16.3 Å². The van der Waals surface area contributed by atoms with Crippen molar-refractivity contribution in [1.29, 1.82) is 0 Å². The third-order valence-corrected chi connectivity index (χ3v) is 6.07. The summed E-state index contributed by atoms with van der Waals surface area (Å²) in [4.78, 5) is 7.11. The molecule has 0 atom stereocenters. The number of anilines is 1. The van der Waals surface area contributed by atoms with Gasteiger partial charge in [0.25, 0.3) is 0 Å². The van der Waals surface area contributed by atoms with E-state index in [9.17, 15) is 0 Å². The van der Waals surface area contributed by atoms with E-state index < -0.39 is 0 Å². The Balaban J connectivity index is 0.00000176. The third-order valence-electron chi connectivity index (χ3n) is 4.64. The van der Waals surface area contributed by atoms with Gasteiger partial charge in [0.15, 0.2) is 0 Å². The maximum absolute atomic E-state index is 8.22. The molecule has 1 aromatic heterocycles. The van der Waals surface area contributed by atoms with Crippen LogP contribution in [0.3, 0.4) is 0 Å². The Morgan fingerprint density at radius 1 is 1.06 bits per heavy atom. The van der Waals surface area contributed by atoms with Crippen molar-refractivity contribution >= 4 is 52.5 Å². The van der Waals surface area contributed by atoms with E-state index in [0.717, 1.165) is 90.3 Å². The summed E-state index contributed by atoms with van der Waals surface area (Å²) in [6.45, 7) is 4.92. The predicted molar refractivity (Wildman–Crippen MR) is 134 cm³/mol. The van der Waals surface area contributed by atoms with Gasteiger partial charge in [0.1, 0.15) is 10.8 Å². The molecule has 0 spiro atoms. The molecule has 0 saturated carbocycles. The molecule has 0 unspecified atom stereocenters. The van der Waals surface area contributed by atoms with Gasteiger partial charge in [0, 0.05) is 18.3 Å². The first-order valence-corrected chi connectivity index (χ1v) is 13.0. The monoisotopic (exact) mass is 572 g/mol. The van der Waals surface area contributed by atoms with E-state index in [1.165, 1.54) is 0 Å². The number of fused-ring (bicyclic) bond motifs is 1. The Bertz CT molecular complexity index is 911. The fourth-order valence-electron chi connectivity index (χ4n) is 3.15. The van der Waals surface area contributed by atoms with E-state index in [1.54, 1.807) is 11.3 Å². The molecule has 3 aromatic rings. The maximum atomic E-state index is 8.22. The summed E-state index contributed by atoms with van der Waals surface area (Å²) in [6, 6.07) is 13.9. The van der Waals surface area contributed by atoms with Crippen molar-refractivity contribution in [2.75, 3.05) is 56.6 Å². The number of nitrogens with zero attached hydrogens (tertiary/aromatic N) is 3. The number of para-hydroxylation sites is 1. The number of hydrogen-bond acceptors (Lipinski definition) is 8. The van der Waals surface area contributed by atoms with Gasteiger partial charge in [-0.2, -0.15) is 18.1 Å². The number of nitrogen functional groups attached to an aromatic ring is 1. The Labute approximate surface area is 215 Å². The minimum absolute atomic E-state index is 0.610. The summed E-state index contributed by atoms with van der Waals surface area (Å²) < 4.78 is 15.5. The summed E-state index contributed by atoms with van der Waals surface area (Å²) >= 11 is 12.7. The first-order valence-electron chi connectivity index (χ1n) is 10.3. The van der Waals surface area contributed by atoms with E-state index in [-0.39, 0.29) is 0 Å². The van der Waals surface area contributed by atoms with Crippen LogP contribution in [0.25, 0.3) is 26.1 Å². The normalized spacial score (nSPS) is 10.8. The molecule has 3 rings (SSSR count). The van der Waals surface area contributed by atoms with Gasteiger partial charge in [-0.15, -0.1) is 17.9 Å². The van der Waals surface area contributed by atoms with Gasteiger partial charge >= 0.3 is 22.4 Å². The molecule has 0 bridgehead atoms. The average Bonchev–Trinajstić information content (AvgIpc) is 3.25. The molecule has 32 heavy (non-hydrogen) atoms. The standard InChI is InChI=1S/C22H29N4OS3.O.Tc/c23-17-6-7-18(22-25-19-4-1-2-5-21(19)30-22)20(16-17)27-13-3-10-26(12-15-29)11-8-24-9-14-28;;/h1-2,4-7,16,28-29H,3,8-15,23H2;;/q-1;;+3/p-2. The van der Waals surface area contributed by atoms with Crippen LogP contribution in [0.1, 0.15) is 6.42 Å². The quantitative estimate of drug-likeness (QED) is 0.188. The molecule has 0 saturated heterocycles. The molecule has 2 aromatic carbocycles. The summed E-state index contributed by atoms with van der Waals surface area (Å²) in [6.07, 6.45) is 0.907. The van der Waals surface area contributed by atoms with Gasteiger partial charge in [-0.3, -0.25) is 0 Å². The zero-order chi connectivity index (χ0) is 23.2. The number of thiazole rings is 1. The minimum atomic E-state index is 0.610. The number of benzene rings is 2. The van der Waals surface area contributed by atoms with Crippen molar-refractivity contribution in [2.45, 2.75) is 6.42 Å². The van der Waals surface area contributed by atoms with Crippen LogP contribution in [0.15, 0.2) is 42.5 Å². The van der Waals surface area contributed by atoms with Crippen LogP contribution >= 0.6 is 11.3 Å². The topological polar surface area (TPSA) is 82.6 Å². The SMILES string of the molecule is Nc1ccc(-c2nc3ccccc3s2)c(OCCCN(CC[S-])CC[N-]CC[S-])c1.[O]=[Tc+3]. The Morgan fingerprint density at radius 3 is 2.62 bits per heavy atom. The molecule has 10 heteroatoms. The first kappa shape index (κ1) is 27.2. The predicted octanol–water partition coefficient (Wildman–Crippen LogP) is 3.96. The van der Waals surface area contributed by atoms with Gasteiger partial charge in [-0.25, -0.2) is 4.98 Å². The summed E-state index contributed by atoms with van der Waals surface area (Å²) in [5, 5.41) is 5.38. The second-order valence-electron chi connectivity index (χ2n) is 6.87. The van der Waals surface area contributed by atoms with E-state index >= 15 is 0 Å². The van der Waals surface area contributed by atoms with Crippen LogP contribution in [-0.2, 0) is 47.6 Å². The molecule has 0 aliphatic heterocycles. The molecule has 0 aliphatic carbocycles. The molecule has 172 valence electrons. The Morgan fingerprint density at radius 2 is 1.88 bits per heavy atom. The molecule has 2 N–H and O–H groups in total. The third kappa shape index (κ3) is 8.74. The number of hydrogen-bond donors (Lipinski definition) is 1. The summed E-state index contributed by atoms with van der Waals surface area (Å²) in [5.74, 6) is 2.19. The number of ether oxygens (including phenoxy) is 1. The van der Waals surface area contributed by atoms with Crippen LogP contribution in [0, 0.1) is 0 Å². The number of rotatable bonds is 13. The van der Waals surface area contributed by atoms with Crippen molar-refractivity contribution in [2.24, 2.45) is 0 Å². The van der Waals surface area contributed by atoms with Crippen LogP contribution in [-0.4, -0.2) is 60.7 Å². The zero-order valence-electron chi connectivity index (χ0n) is 17.7. The average molecular weight is 574 g/mol. The molecule has 0 aliphatic rings. The van der Waals surface area contributed by atoms with Gasteiger partial charge in [-0.05, 0) is 43.8 Å². The van der Waals surface area contributed by atoms with Gasteiger partial charge in [0.05, 0.1) is 22.4 Å². The Kier molecular flexibility index (Phi) is 13.4. The van der Waals surface area contributed by atoms with Gasteiger partial charge < -0.3 is 45.9 Å². The van der Waals surface area contributed by atoms with Crippen molar-refractivity contribution in [3.63, 3.8) is 0 Å². The van der Waals surface area contributed by atoms with E-state index in [4.69, 9.17) is 44.2 Å². The number of nitrogens with two attached hydrogens (primary N) is 1. The fraction of sp³-hybridized carbons (Fsp3) is 0.409. The van der Waals surface area contributed by atoms with E-state index in [1.807, 2.05) is 36.4 Å². The summed E-state index contributed by atoms with van der Waals surface area (Å²) in [5.41, 5.74) is 8.69. The van der Waals surface area contributed by atoms with E-state index in [0.29, 0.717) is 18.0 Å². The fourth-order valence-corrected chi connectivity index (χ4v) is 4.53. The van der Waals surface area contributed by atoms with Crippen molar-refractivity contribution < 1.29 is 27.1 Å². The molecule has 0 radical (unpaired) electrons. The van der Waals surface area contributed by atoms with Crippen molar-refractivity contribution in [1.82, 2.24) is 9.88 Å². The molecular weight excluding hydrogens is 546 g/mol. The molecular formula is C22H27N4O2S3Tc. The summed E-state index contributed by atoms with van der Waals surface area (Å²) in [7, 11) is 0. The van der Waals surface area contributed by atoms with Crippen LogP contribution in [0.2, 0.25) is 0 Å². The molecule has 1 heterocycles. The van der Waals surface area contributed by atoms with Gasteiger partial charge in [0.2, 0.25) is 0 Å². The second kappa shape index (κ2) is 15.8. The molecule has 6 nitrogen and oxygen atoms in total.